The molecule has 6 heteroatoms. The van der Waals surface area contributed by atoms with Gasteiger partial charge in [0.25, 0.3) is 0 Å². The van der Waals surface area contributed by atoms with E-state index in [1.165, 1.54) is 13.2 Å². The monoisotopic (exact) mass is 263 g/mol. The van der Waals surface area contributed by atoms with E-state index in [0.717, 1.165) is 5.56 Å². The van der Waals surface area contributed by atoms with Crippen molar-refractivity contribution in [3.8, 4) is 11.5 Å². The summed E-state index contributed by atoms with van der Waals surface area (Å²) in [6, 6.07) is 4.10. The van der Waals surface area contributed by atoms with Gasteiger partial charge in [0.1, 0.15) is 11.9 Å². The zero-order chi connectivity index (χ0) is 14.2. The highest BCUT2D eigenvalue weighted by Crippen LogP contribution is 2.34. The lowest BCUT2D eigenvalue weighted by Crippen LogP contribution is -2.38. The van der Waals surface area contributed by atoms with E-state index >= 15 is 0 Å². The average Bonchev–Trinajstić information content (AvgIpc) is 2.65. The number of methoxy groups -OCH3 is 1. The predicted molar refractivity (Wildman–Crippen MR) is 71.4 cm³/mol. The highest BCUT2D eigenvalue weighted by atomic mass is 16.5. The number of phenols is 1. The number of hydrogen-bond acceptors (Lipinski definition) is 4. The maximum atomic E-state index is 11.8. The molecule has 0 spiro atoms. The number of benzene rings is 1. The summed E-state index contributed by atoms with van der Waals surface area (Å²) in [7, 11) is 1.47. The molecule has 0 saturated carbocycles. The average molecular weight is 263 g/mol. The number of nitrogens with two attached hydrogens (primary N) is 1. The normalized spacial score (nSPS) is 18.9. The van der Waals surface area contributed by atoms with Crippen molar-refractivity contribution in [1.29, 1.82) is 0 Å². The first-order valence-electron chi connectivity index (χ1n) is 5.99. The van der Waals surface area contributed by atoms with E-state index in [9.17, 15) is 9.90 Å². The smallest absolute Gasteiger partial charge is 0.346 e. The minimum absolute atomic E-state index is 0.0258. The summed E-state index contributed by atoms with van der Waals surface area (Å²) in [4.78, 5) is 17.2. The van der Waals surface area contributed by atoms with Crippen molar-refractivity contribution < 1.29 is 14.6 Å². The largest absolute Gasteiger partial charge is 0.504 e. The van der Waals surface area contributed by atoms with Crippen LogP contribution in [0.15, 0.2) is 23.2 Å². The van der Waals surface area contributed by atoms with Crippen molar-refractivity contribution in [2.45, 2.75) is 25.9 Å². The van der Waals surface area contributed by atoms with Crippen LogP contribution in [0.4, 0.5) is 4.79 Å². The Morgan fingerprint density at radius 1 is 1.47 bits per heavy atom. The molecule has 0 aromatic heterocycles. The van der Waals surface area contributed by atoms with Gasteiger partial charge in [-0.25, -0.2) is 4.79 Å². The lowest BCUT2D eigenvalue weighted by Gasteiger charge is -2.28. The number of amides is 2. The summed E-state index contributed by atoms with van der Waals surface area (Å²) in [5.41, 5.74) is 6.60. The van der Waals surface area contributed by atoms with E-state index in [0.29, 0.717) is 5.75 Å². The summed E-state index contributed by atoms with van der Waals surface area (Å²) in [5, 5.41) is 9.60. The van der Waals surface area contributed by atoms with Crippen LogP contribution in [-0.4, -0.2) is 35.0 Å². The molecule has 1 aliphatic heterocycles. The summed E-state index contributed by atoms with van der Waals surface area (Å²) in [6.07, 6.45) is 0. The summed E-state index contributed by atoms with van der Waals surface area (Å²) in [6.45, 7) is 3.80. The third-order valence-corrected chi connectivity index (χ3v) is 3.08. The quantitative estimate of drug-likeness (QED) is 0.867. The molecular weight excluding hydrogens is 246 g/mol. The number of ether oxygens (including phenoxy) is 1. The Kier molecular flexibility index (Phi) is 3.33. The van der Waals surface area contributed by atoms with Gasteiger partial charge in [-0.3, -0.25) is 0 Å². The molecule has 19 heavy (non-hydrogen) atoms. The summed E-state index contributed by atoms with van der Waals surface area (Å²) >= 11 is 0. The van der Waals surface area contributed by atoms with Gasteiger partial charge in [0.2, 0.25) is 0 Å². The summed E-state index contributed by atoms with van der Waals surface area (Å²) < 4.78 is 5.07. The maximum absolute atomic E-state index is 11.8. The Morgan fingerprint density at radius 3 is 2.74 bits per heavy atom. The Hall–Kier alpha value is -2.24. The van der Waals surface area contributed by atoms with Crippen molar-refractivity contribution in [3.05, 3.63) is 23.8 Å². The number of carbonyl (C=O) groups excluding carboxylic acids is 1. The molecule has 1 aromatic rings. The van der Waals surface area contributed by atoms with Crippen LogP contribution < -0.4 is 10.5 Å². The minimum Gasteiger partial charge on any atom is -0.504 e. The lowest BCUT2D eigenvalue weighted by molar-refractivity contribution is 0.190. The molecule has 6 nitrogen and oxygen atoms in total. The van der Waals surface area contributed by atoms with Gasteiger partial charge in [0.15, 0.2) is 11.5 Å². The van der Waals surface area contributed by atoms with Crippen LogP contribution in [0.25, 0.3) is 0 Å². The third kappa shape index (κ3) is 2.21. The Bertz CT molecular complexity index is 540. The van der Waals surface area contributed by atoms with Gasteiger partial charge in [-0.05, 0) is 31.5 Å². The molecule has 1 aliphatic rings. The second-order valence-corrected chi connectivity index (χ2v) is 4.65. The second-order valence-electron chi connectivity index (χ2n) is 4.65. The van der Waals surface area contributed by atoms with Crippen molar-refractivity contribution in [2.24, 2.45) is 10.7 Å². The van der Waals surface area contributed by atoms with Crippen molar-refractivity contribution in [1.82, 2.24) is 4.90 Å². The summed E-state index contributed by atoms with van der Waals surface area (Å²) in [5.74, 6) is 0.641. The number of phenolic OH excluding ortho intramolecular Hbond substituents is 1. The SMILES string of the molecule is COc1cc(C2C(N)=NC(=O)N2C(C)C)ccc1O. The topological polar surface area (TPSA) is 88.2 Å². The van der Waals surface area contributed by atoms with Crippen LogP contribution in [0.2, 0.25) is 0 Å². The number of aliphatic imine (C=N–C) groups is 1. The van der Waals surface area contributed by atoms with E-state index in [1.807, 2.05) is 13.8 Å². The zero-order valence-electron chi connectivity index (χ0n) is 11.1. The van der Waals surface area contributed by atoms with Crippen LogP contribution in [0.3, 0.4) is 0 Å². The minimum atomic E-state index is -0.415. The van der Waals surface area contributed by atoms with Crippen LogP contribution in [0, 0.1) is 0 Å². The molecular formula is C13H17N3O3. The van der Waals surface area contributed by atoms with Crippen LogP contribution >= 0.6 is 0 Å². The fraction of sp³-hybridized carbons (Fsp3) is 0.385. The first kappa shape index (κ1) is 13.2. The fourth-order valence-corrected chi connectivity index (χ4v) is 2.20. The molecule has 0 radical (unpaired) electrons. The van der Waals surface area contributed by atoms with Gasteiger partial charge in [0.05, 0.1) is 7.11 Å². The molecule has 1 atom stereocenters. The van der Waals surface area contributed by atoms with Gasteiger partial charge in [-0.1, -0.05) is 6.07 Å². The van der Waals surface area contributed by atoms with Crippen LogP contribution in [0.5, 0.6) is 11.5 Å². The van der Waals surface area contributed by atoms with Crippen molar-refractivity contribution in [3.63, 3.8) is 0 Å². The molecule has 0 aliphatic carbocycles. The van der Waals surface area contributed by atoms with Gasteiger partial charge in [-0.2, -0.15) is 4.99 Å². The molecule has 1 heterocycles. The van der Waals surface area contributed by atoms with Crippen LogP contribution in [-0.2, 0) is 0 Å². The number of rotatable bonds is 3. The fourth-order valence-electron chi connectivity index (χ4n) is 2.20. The molecule has 2 amide bonds. The number of amidine groups is 1. The predicted octanol–water partition coefficient (Wildman–Crippen LogP) is 1.64. The van der Waals surface area contributed by atoms with E-state index < -0.39 is 6.04 Å². The molecule has 3 N–H and O–H groups in total. The third-order valence-electron chi connectivity index (χ3n) is 3.08. The van der Waals surface area contributed by atoms with Gasteiger partial charge < -0.3 is 20.5 Å². The van der Waals surface area contributed by atoms with Crippen molar-refractivity contribution in [2.75, 3.05) is 7.11 Å². The molecule has 0 saturated heterocycles. The highest BCUT2D eigenvalue weighted by molar-refractivity contribution is 6.03. The van der Waals surface area contributed by atoms with E-state index in [1.54, 1.807) is 17.0 Å². The Morgan fingerprint density at radius 2 is 2.16 bits per heavy atom. The Labute approximate surface area is 111 Å². The molecule has 2 rings (SSSR count). The number of hydrogen-bond donors (Lipinski definition) is 2. The van der Waals surface area contributed by atoms with Gasteiger partial charge in [-0.15, -0.1) is 0 Å². The van der Waals surface area contributed by atoms with E-state index in [4.69, 9.17) is 10.5 Å². The Balaban J connectivity index is 2.44. The maximum Gasteiger partial charge on any atom is 0.346 e. The number of urea groups is 1. The van der Waals surface area contributed by atoms with Crippen molar-refractivity contribution >= 4 is 11.9 Å². The van der Waals surface area contributed by atoms with Gasteiger partial charge >= 0.3 is 6.03 Å². The first-order chi connectivity index (χ1) is 8.95. The zero-order valence-corrected chi connectivity index (χ0v) is 11.1. The molecule has 1 aromatic carbocycles. The molecule has 1 unspecified atom stereocenters. The van der Waals surface area contributed by atoms with Crippen LogP contribution in [0.1, 0.15) is 25.5 Å². The van der Waals surface area contributed by atoms with E-state index in [2.05, 4.69) is 4.99 Å². The highest BCUT2D eigenvalue weighted by Gasteiger charge is 2.36. The molecule has 102 valence electrons. The lowest BCUT2D eigenvalue weighted by atomic mass is 10.0. The number of carbonyl (C=O) groups is 1. The first-order valence-corrected chi connectivity index (χ1v) is 5.99. The van der Waals surface area contributed by atoms with Gasteiger partial charge in [0, 0.05) is 6.04 Å². The van der Waals surface area contributed by atoms with E-state index in [-0.39, 0.29) is 23.7 Å². The molecule has 0 fully saturated rings. The molecule has 0 bridgehead atoms. The number of nitrogens with zero attached hydrogens (tertiary/aromatic N) is 2. The number of aromatic hydroxyl groups is 1. The second kappa shape index (κ2) is 4.79. The standard InChI is InChI=1S/C13H17N3O3/c1-7(2)16-11(12(14)15-13(16)18)8-4-5-9(17)10(6-8)19-3/h4-7,11,17H,1-3H3,(H2,14,15,18).